The van der Waals surface area contributed by atoms with Crippen molar-refractivity contribution in [3.8, 4) is 5.75 Å². The topological polar surface area (TPSA) is 108 Å². The molecule has 8 heteroatoms. The second-order valence-corrected chi connectivity index (χ2v) is 10.2. The van der Waals surface area contributed by atoms with Crippen LogP contribution in [-0.4, -0.2) is 52.1 Å². The Morgan fingerprint density at radius 3 is 2.11 bits per heavy atom. The standard InChI is InChI=1S/C27H45N3O5/c1-9-12-17-28-24(32)23(20-13-15-21(31)16-14-20)30(19(5)11-3)25(33)22(18(4)10-2)29-26(34)35-27(6,7)8/h13-16,18-19,22-23,31H,9-12,17H2,1-8H3,(H,28,32)(H,29,34). The minimum absolute atomic E-state index is 0.0735. The normalized spacial score (nSPS) is 14.9. The fraction of sp³-hybridized carbons (Fsp3) is 0.667. The monoisotopic (exact) mass is 491 g/mol. The van der Waals surface area contributed by atoms with Crippen molar-refractivity contribution in [2.45, 2.75) is 105 Å². The van der Waals surface area contributed by atoms with Crippen LogP contribution in [0.3, 0.4) is 0 Å². The van der Waals surface area contributed by atoms with E-state index in [9.17, 15) is 19.5 Å². The molecule has 0 aliphatic heterocycles. The number of ether oxygens (including phenoxy) is 1. The summed E-state index contributed by atoms with van der Waals surface area (Å²) >= 11 is 0. The highest BCUT2D eigenvalue weighted by Crippen LogP contribution is 2.29. The molecule has 0 fully saturated rings. The van der Waals surface area contributed by atoms with E-state index in [4.69, 9.17) is 4.74 Å². The number of rotatable bonds is 12. The van der Waals surface area contributed by atoms with Crippen molar-refractivity contribution in [3.05, 3.63) is 29.8 Å². The smallest absolute Gasteiger partial charge is 0.408 e. The Labute approximate surface area is 210 Å². The largest absolute Gasteiger partial charge is 0.508 e. The van der Waals surface area contributed by atoms with Gasteiger partial charge in [-0.25, -0.2) is 4.79 Å². The van der Waals surface area contributed by atoms with E-state index < -0.39 is 23.8 Å². The van der Waals surface area contributed by atoms with Crippen molar-refractivity contribution in [3.63, 3.8) is 0 Å². The molecule has 0 radical (unpaired) electrons. The Morgan fingerprint density at radius 2 is 1.63 bits per heavy atom. The van der Waals surface area contributed by atoms with Crippen LogP contribution in [0.4, 0.5) is 4.79 Å². The molecule has 1 aromatic rings. The van der Waals surface area contributed by atoms with E-state index in [-0.39, 0.29) is 29.5 Å². The van der Waals surface area contributed by atoms with Crippen LogP contribution in [0, 0.1) is 5.92 Å². The molecule has 0 spiro atoms. The number of unbranched alkanes of at least 4 members (excludes halogenated alkanes) is 1. The van der Waals surface area contributed by atoms with E-state index in [0.29, 0.717) is 24.9 Å². The Hall–Kier alpha value is -2.77. The summed E-state index contributed by atoms with van der Waals surface area (Å²) in [7, 11) is 0. The van der Waals surface area contributed by atoms with E-state index in [1.54, 1.807) is 37.8 Å². The van der Waals surface area contributed by atoms with Gasteiger partial charge < -0.3 is 25.4 Å². The van der Waals surface area contributed by atoms with Gasteiger partial charge in [-0.15, -0.1) is 0 Å². The summed E-state index contributed by atoms with van der Waals surface area (Å²) < 4.78 is 5.42. The van der Waals surface area contributed by atoms with Crippen LogP contribution in [-0.2, 0) is 14.3 Å². The van der Waals surface area contributed by atoms with E-state index in [2.05, 4.69) is 10.6 Å². The minimum Gasteiger partial charge on any atom is -0.508 e. The first-order chi connectivity index (χ1) is 16.4. The SMILES string of the molecule is CCCCNC(=O)C(c1ccc(O)cc1)N(C(=O)C(NC(=O)OC(C)(C)C)C(C)CC)C(C)CC. The maximum absolute atomic E-state index is 14.1. The van der Waals surface area contributed by atoms with Gasteiger partial charge in [0.25, 0.3) is 0 Å². The number of phenols is 1. The molecule has 0 bridgehead atoms. The number of carbonyl (C=O) groups is 3. The highest BCUT2D eigenvalue weighted by molar-refractivity contribution is 5.92. The quantitative estimate of drug-likeness (QED) is 0.360. The van der Waals surface area contributed by atoms with Crippen LogP contribution >= 0.6 is 0 Å². The number of carbonyl (C=O) groups excluding carboxylic acids is 3. The maximum atomic E-state index is 14.1. The number of nitrogens with one attached hydrogen (secondary N) is 2. The van der Waals surface area contributed by atoms with E-state index in [1.165, 1.54) is 12.1 Å². The van der Waals surface area contributed by atoms with Gasteiger partial charge in [0.2, 0.25) is 11.8 Å². The van der Waals surface area contributed by atoms with Crippen molar-refractivity contribution in [1.29, 1.82) is 0 Å². The summed E-state index contributed by atoms with van der Waals surface area (Å²) in [4.78, 5) is 41.8. The van der Waals surface area contributed by atoms with Gasteiger partial charge in [-0.2, -0.15) is 0 Å². The predicted molar refractivity (Wildman–Crippen MR) is 138 cm³/mol. The number of hydrogen-bond acceptors (Lipinski definition) is 5. The van der Waals surface area contributed by atoms with Crippen molar-refractivity contribution in [2.24, 2.45) is 5.92 Å². The molecule has 0 saturated carbocycles. The van der Waals surface area contributed by atoms with Gasteiger partial charge in [-0.3, -0.25) is 9.59 Å². The summed E-state index contributed by atoms with van der Waals surface area (Å²) in [5.41, 5.74) is -0.123. The fourth-order valence-corrected chi connectivity index (χ4v) is 3.65. The van der Waals surface area contributed by atoms with E-state index >= 15 is 0 Å². The number of amides is 3. The molecule has 35 heavy (non-hydrogen) atoms. The molecule has 0 aliphatic carbocycles. The van der Waals surface area contributed by atoms with Crippen LogP contribution in [0.25, 0.3) is 0 Å². The summed E-state index contributed by atoms with van der Waals surface area (Å²) in [6.45, 7) is 15.5. The molecule has 0 saturated heterocycles. The first-order valence-corrected chi connectivity index (χ1v) is 12.7. The molecule has 4 unspecified atom stereocenters. The summed E-state index contributed by atoms with van der Waals surface area (Å²) in [5, 5.41) is 15.5. The second kappa shape index (κ2) is 14.0. The van der Waals surface area contributed by atoms with Crippen LogP contribution in [0.2, 0.25) is 0 Å². The molecule has 0 heterocycles. The number of alkyl carbamates (subject to hydrolysis) is 1. The third kappa shape index (κ3) is 9.42. The number of hydrogen-bond donors (Lipinski definition) is 3. The Morgan fingerprint density at radius 1 is 1.03 bits per heavy atom. The lowest BCUT2D eigenvalue weighted by molar-refractivity contribution is -0.146. The average molecular weight is 492 g/mol. The molecule has 198 valence electrons. The zero-order valence-electron chi connectivity index (χ0n) is 22.7. The summed E-state index contributed by atoms with van der Waals surface area (Å²) in [6, 6.07) is 4.25. The van der Waals surface area contributed by atoms with Crippen LogP contribution in [0.1, 0.15) is 92.7 Å². The molecule has 4 atom stereocenters. The Balaban J connectivity index is 3.48. The molecule has 1 rings (SSSR count). The first-order valence-electron chi connectivity index (χ1n) is 12.7. The fourth-order valence-electron chi connectivity index (χ4n) is 3.65. The van der Waals surface area contributed by atoms with Gasteiger partial charge in [0.1, 0.15) is 23.4 Å². The van der Waals surface area contributed by atoms with E-state index in [1.807, 2.05) is 34.6 Å². The number of phenolic OH excluding ortho intramolecular Hbond substituents is 1. The highest BCUT2D eigenvalue weighted by atomic mass is 16.6. The second-order valence-electron chi connectivity index (χ2n) is 10.2. The molecule has 1 aromatic carbocycles. The zero-order chi connectivity index (χ0) is 26.8. The van der Waals surface area contributed by atoms with Crippen LogP contribution < -0.4 is 10.6 Å². The molecule has 3 amide bonds. The summed E-state index contributed by atoms with van der Waals surface area (Å²) in [6.07, 6.45) is 2.33. The number of nitrogens with zero attached hydrogens (tertiary/aromatic N) is 1. The summed E-state index contributed by atoms with van der Waals surface area (Å²) in [5.74, 6) is -0.754. The van der Waals surface area contributed by atoms with Gasteiger partial charge in [0.15, 0.2) is 0 Å². The third-order valence-corrected chi connectivity index (χ3v) is 6.04. The lowest BCUT2D eigenvalue weighted by Gasteiger charge is -2.39. The molecule has 0 aromatic heterocycles. The van der Waals surface area contributed by atoms with Gasteiger partial charge in [0, 0.05) is 12.6 Å². The lowest BCUT2D eigenvalue weighted by Crippen LogP contribution is -2.57. The highest BCUT2D eigenvalue weighted by Gasteiger charge is 2.39. The minimum atomic E-state index is -0.915. The van der Waals surface area contributed by atoms with E-state index in [0.717, 1.165) is 12.8 Å². The zero-order valence-corrected chi connectivity index (χ0v) is 22.7. The number of aromatic hydroxyl groups is 1. The molecular formula is C27H45N3O5. The van der Waals surface area contributed by atoms with Gasteiger partial charge >= 0.3 is 6.09 Å². The van der Waals surface area contributed by atoms with Crippen LogP contribution in [0.5, 0.6) is 5.75 Å². The van der Waals surface area contributed by atoms with Gasteiger partial charge in [-0.05, 0) is 64.2 Å². The molecular weight excluding hydrogens is 446 g/mol. The molecule has 3 N–H and O–H groups in total. The van der Waals surface area contributed by atoms with Crippen molar-refractivity contribution >= 4 is 17.9 Å². The lowest BCUT2D eigenvalue weighted by atomic mass is 9.94. The number of benzene rings is 1. The third-order valence-electron chi connectivity index (χ3n) is 6.04. The van der Waals surface area contributed by atoms with Crippen LogP contribution in [0.15, 0.2) is 24.3 Å². The predicted octanol–water partition coefficient (Wildman–Crippen LogP) is 4.92. The maximum Gasteiger partial charge on any atom is 0.408 e. The molecule has 8 nitrogen and oxygen atoms in total. The first kappa shape index (κ1) is 30.3. The van der Waals surface area contributed by atoms with Gasteiger partial charge in [-0.1, -0.05) is 52.7 Å². The Bertz CT molecular complexity index is 819. The Kier molecular flexibility index (Phi) is 12.1. The van der Waals surface area contributed by atoms with Crippen molar-refractivity contribution < 1.29 is 24.2 Å². The van der Waals surface area contributed by atoms with Gasteiger partial charge in [0.05, 0.1) is 0 Å². The molecule has 0 aliphatic rings. The average Bonchev–Trinajstić information content (AvgIpc) is 2.79. The van der Waals surface area contributed by atoms with Crippen molar-refractivity contribution in [1.82, 2.24) is 15.5 Å². The van der Waals surface area contributed by atoms with Crippen molar-refractivity contribution in [2.75, 3.05) is 6.54 Å².